The number of carbonyl (C=O) groups is 1. The van der Waals surface area contributed by atoms with Gasteiger partial charge in [0, 0.05) is 12.5 Å². The molecule has 0 aliphatic rings. The molecular formula is C12H14O2. The smallest absolute Gasteiger partial charge is 0.308 e. The Hall–Kier alpha value is -1.57. The van der Waals surface area contributed by atoms with Gasteiger partial charge in [-0.15, -0.1) is 0 Å². The zero-order valence-corrected chi connectivity index (χ0v) is 8.70. The lowest BCUT2D eigenvalue weighted by atomic mass is 10.1. The number of hydrogen-bond acceptors (Lipinski definition) is 2. The molecule has 0 bridgehead atoms. The Labute approximate surface area is 84.2 Å². The Kier molecular flexibility index (Phi) is 3.46. The van der Waals surface area contributed by atoms with Crippen LogP contribution in [0.2, 0.25) is 0 Å². The maximum absolute atomic E-state index is 10.8. The predicted molar refractivity (Wildman–Crippen MR) is 56.6 cm³/mol. The summed E-state index contributed by atoms with van der Waals surface area (Å²) in [6, 6.07) is 7.85. The van der Waals surface area contributed by atoms with Crippen molar-refractivity contribution in [3.05, 3.63) is 41.5 Å². The molecular weight excluding hydrogens is 176 g/mol. The number of carbonyl (C=O) groups excluding carboxylic acids is 1. The van der Waals surface area contributed by atoms with Crippen LogP contribution in [0.1, 0.15) is 25.0 Å². The van der Waals surface area contributed by atoms with Gasteiger partial charge >= 0.3 is 5.97 Å². The van der Waals surface area contributed by atoms with Crippen LogP contribution in [0.15, 0.2) is 30.3 Å². The van der Waals surface area contributed by atoms with Crippen molar-refractivity contribution >= 4 is 11.7 Å². The zero-order valence-electron chi connectivity index (χ0n) is 8.70. The summed E-state index contributed by atoms with van der Waals surface area (Å²) in [5.74, 6) is 0.316. The summed E-state index contributed by atoms with van der Waals surface area (Å²) in [5.41, 5.74) is 2.11. The molecule has 1 aromatic carbocycles. The quantitative estimate of drug-likeness (QED) is 0.529. The summed E-state index contributed by atoms with van der Waals surface area (Å²) < 4.78 is 5.05. The topological polar surface area (TPSA) is 26.3 Å². The highest BCUT2D eigenvalue weighted by atomic mass is 16.5. The highest BCUT2D eigenvalue weighted by Gasteiger charge is 2.03. The Morgan fingerprint density at radius 3 is 2.29 bits per heavy atom. The lowest BCUT2D eigenvalue weighted by Gasteiger charge is -2.06. The van der Waals surface area contributed by atoms with Crippen LogP contribution in [0, 0.1) is 6.92 Å². The Balaban J connectivity index is 2.91. The normalized spacial score (nSPS) is 11.2. The summed E-state index contributed by atoms with van der Waals surface area (Å²) in [6.45, 7) is 5.26. The van der Waals surface area contributed by atoms with Crippen LogP contribution in [0.4, 0.5) is 0 Å². The fraction of sp³-hybridized carbons (Fsp3) is 0.250. The molecule has 0 unspecified atom stereocenters. The molecule has 74 valence electrons. The molecule has 0 atom stereocenters. The second-order valence-electron chi connectivity index (χ2n) is 3.11. The van der Waals surface area contributed by atoms with E-state index in [-0.39, 0.29) is 5.97 Å². The van der Waals surface area contributed by atoms with Gasteiger partial charge < -0.3 is 4.74 Å². The first kappa shape index (κ1) is 10.5. The molecule has 1 aromatic rings. The zero-order chi connectivity index (χ0) is 10.6. The van der Waals surface area contributed by atoms with Gasteiger partial charge in [-0.3, -0.25) is 4.79 Å². The van der Waals surface area contributed by atoms with E-state index in [4.69, 9.17) is 4.74 Å². The molecule has 0 saturated heterocycles. The summed E-state index contributed by atoms with van der Waals surface area (Å²) in [7, 11) is 0. The van der Waals surface area contributed by atoms with E-state index in [9.17, 15) is 4.79 Å². The summed E-state index contributed by atoms with van der Waals surface area (Å²) >= 11 is 0. The summed E-state index contributed by atoms with van der Waals surface area (Å²) in [4.78, 5) is 10.8. The molecule has 0 saturated carbocycles. The number of benzene rings is 1. The Morgan fingerprint density at radius 1 is 1.29 bits per heavy atom. The maximum atomic E-state index is 10.8. The number of aryl methyl sites for hydroxylation is 1. The third-order valence-electron chi connectivity index (χ3n) is 1.85. The van der Waals surface area contributed by atoms with Crippen molar-refractivity contribution in [1.29, 1.82) is 0 Å². The SMILES string of the molecule is C/C=C(\OC(C)=O)c1ccc(C)cc1. The molecule has 0 radical (unpaired) electrons. The predicted octanol–water partition coefficient (Wildman–Crippen LogP) is 2.92. The fourth-order valence-electron chi connectivity index (χ4n) is 1.16. The molecule has 0 amide bonds. The minimum absolute atomic E-state index is 0.293. The number of allylic oxidation sites excluding steroid dienone is 1. The molecule has 14 heavy (non-hydrogen) atoms. The third-order valence-corrected chi connectivity index (χ3v) is 1.85. The third kappa shape index (κ3) is 2.73. The van der Waals surface area contributed by atoms with Crippen molar-refractivity contribution in [2.45, 2.75) is 20.8 Å². The van der Waals surface area contributed by atoms with Crippen LogP contribution in [0.25, 0.3) is 5.76 Å². The molecule has 0 N–H and O–H groups in total. The minimum atomic E-state index is -0.293. The van der Waals surface area contributed by atoms with Crippen LogP contribution in [-0.2, 0) is 9.53 Å². The molecule has 1 rings (SSSR count). The maximum Gasteiger partial charge on any atom is 0.308 e. The van der Waals surface area contributed by atoms with E-state index in [2.05, 4.69) is 0 Å². The Morgan fingerprint density at radius 2 is 1.86 bits per heavy atom. The highest BCUT2D eigenvalue weighted by Crippen LogP contribution is 2.16. The highest BCUT2D eigenvalue weighted by molar-refractivity contribution is 5.76. The summed E-state index contributed by atoms with van der Waals surface area (Å²) in [6.07, 6.45) is 1.78. The molecule has 2 heteroatoms. The lowest BCUT2D eigenvalue weighted by Crippen LogP contribution is -1.98. The first-order chi connectivity index (χ1) is 6.63. The molecule has 0 fully saturated rings. The molecule has 0 spiro atoms. The van der Waals surface area contributed by atoms with Gasteiger partial charge in [0.2, 0.25) is 0 Å². The number of rotatable bonds is 2. The Bertz CT molecular complexity index is 347. The average molecular weight is 190 g/mol. The van der Waals surface area contributed by atoms with Gasteiger partial charge in [-0.25, -0.2) is 0 Å². The van der Waals surface area contributed by atoms with Crippen molar-refractivity contribution in [2.75, 3.05) is 0 Å². The standard InChI is InChI=1S/C12H14O2/c1-4-12(14-10(3)13)11-7-5-9(2)6-8-11/h4-8H,1-3H3/b12-4-. The van der Waals surface area contributed by atoms with Crippen molar-refractivity contribution in [3.63, 3.8) is 0 Å². The second kappa shape index (κ2) is 4.61. The van der Waals surface area contributed by atoms with Gasteiger partial charge in [-0.05, 0) is 19.9 Å². The monoisotopic (exact) mass is 190 g/mol. The molecule has 2 nitrogen and oxygen atoms in total. The van der Waals surface area contributed by atoms with E-state index >= 15 is 0 Å². The van der Waals surface area contributed by atoms with Crippen LogP contribution in [0.3, 0.4) is 0 Å². The van der Waals surface area contributed by atoms with Gasteiger partial charge in [-0.1, -0.05) is 29.8 Å². The van der Waals surface area contributed by atoms with Crippen molar-refractivity contribution in [1.82, 2.24) is 0 Å². The first-order valence-corrected chi connectivity index (χ1v) is 4.55. The van der Waals surface area contributed by atoms with Gasteiger partial charge in [0.1, 0.15) is 5.76 Å². The van der Waals surface area contributed by atoms with Crippen LogP contribution in [-0.4, -0.2) is 5.97 Å². The van der Waals surface area contributed by atoms with E-state index in [0.29, 0.717) is 5.76 Å². The van der Waals surface area contributed by atoms with Crippen LogP contribution < -0.4 is 0 Å². The number of ether oxygens (including phenoxy) is 1. The van der Waals surface area contributed by atoms with E-state index in [1.165, 1.54) is 12.5 Å². The van der Waals surface area contributed by atoms with Gasteiger partial charge in [0.25, 0.3) is 0 Å². The van der Waals surface area contributed by atoms with Crippen LogP contribution >= 0.6 is 0 Å². The molecule has 0 aromatic heterocycles. The summed E-state index contributed by atoms with van der Waals surface area (Å²) in [5, 5.41) is 0. The number of hydrogen-bond donors (Lipinski definition) is 0. The molecule has 0 heterocycles. The first-order valence-electron chi connectivity index (χ1n) is 4.55. The van der Waals surface area contributed by atoms with E-state index in [1.807, 2.05) is 38.1 Å². The van der Waals surface area contributed by atoms with Crippen LogP contribution in [0.5, 0.6) is 0 Å². The van der Waals surface area contributed by atoms with Gasteiger partial charge in [0.15, 0.2) is 0 Å². The van der Waals surface area contributed by atoms with Crippen molar-refractivity contribution in [3.8, 4) is 0 Å². The average Bonchev–Trinajstić information content (AvgIpc) is 2.15. The van der Waals surface area contributed by atoms with Crippen molar-refractivity contribution in [2.24, 2.45) is 0 Å². The second-order valence-corrected chi connectivity index (χ2v) is 3.11. The fourth-order valence-corrected chi connectivity index (χ4v) is 1.16. The van der Waals surface area contributed by atoms with E-state index in [0.717, 1.165) is 5.56 Å². The minimum Gasteiger partial charge on any atom is -0.426 e. The molecule has 0 aliphatic carbocycles. The van der Waals surface area contributed by atoms with E-state index in [1.54, 1.807) is 6.08 Å². The van der Waals surface area contributed by atoms with Gasteiger partial charge in [-0.2, -0.15) is 0 Å². The molecule has 0 aliphatic heterocycles. The lowest BCUT2D eigenvalue weighted by molar-refractivity contribution is -0.134. The van der Waals surface area contributed by atoms with E-state index < -0.39 is 0 Å². The number of esters is 1. The largest absolute Gasteiger partial charge is 0.426 e. The van der Waals surface area contributed by atoms with Gasteiger partial charge in [0.05, 0.1) is 0 Å². The van der Waals surface area contributed by atoms with Crippen molar-refractivity contribution < 1.29 is 9.53 Å².